The van der Waals surface area contributed by atoms with E-state index < -0.39 is 5.56 Å². The van der Waals surface area contributed by atoms with E-state index in [1.54, 1.807) is 24.1 Å². The Bertz CT molecular complexity index is 1390. The van der Waals surface area contributed by atoms with Crippen LogP contribution >= 0.6 is 9.24 Å². The van der Waals surface area contributed by atoms with E-state index in [1.165, 1.54) is 19.2 Å². The summed E-state index contributed by atoms with van der Waals surface area (Å²) in [5, 5.41) is 3.99. The van der Waals surface area contributed by atoms with Gasteiger partial charge in [-0.1, -0.05) is 12.1 Å². The largest absolute Gasteiger partial charge is 0.490 e. The number of anilines is 2. The van der Waals surface area contributed by atoms with Crippen molar-refractivity contribution in [2.24, 2.45) is 0 Å². The molecular formula is C25H24FN4O3P. The summed E-state index contributed by atoms with van der Waals surface area (Å²) >= 11 is 0. The molecule has 0 radical (unpaired) electrons. The van der Waals surface area contributed by atoms with Gasteiger partial charge < -0.3 is 19.4 Å². The number of methoxy groups -OCH3 is 2. The maximum absolute atomic E-state index is 14.0. The third-order valence-electron chi connectivity index (χ3n) is 5.28. The molecule has 2 aromatic heterocycles. The first-order valence-electron chi connectivity index (χ1n) is 10.5. The van der Waals surface area contributed by atoms with E-state index in [9.17, 15) is 9.18 Å². The van der Waals surface area contributed by atoms with Gasteiger partial charge >= 0.3 is 5.56 Å². The van der Waals surface area contributed by atoms with Gasteiger partial charge in [0.25, 0.3) is 0 Å². The van der Waals surface area contributed by atoms with Crippen LogP contribution in [-0.2, 0) is 6.54 Å². The van der Waals surface area contributed by atoms with Gasteiger partial charge in [-0.05, 0) is 65.3 Å². The van der Waals surface area contributed by atoms with Crippen molar-refractivity contribution in [3.63, 3.8) is 0 Å². The Morgan fingerprint density at radius 1 is 1.12 bits per heavy atom. The van der Waals surface area contributed by atoms with Crippen LogP contribution in [0.4, 0.5) is 16.0 Å². The molecule has 0 aliphatic rings. The van der Waals surface area contributed by atoms with Gasteiger partial charge in [0.1, 0.15) is 5.82 Å². The second-order valence-corrected chi connectivity index (χ2v) is 8.34. The third-order valence-corrected chi connectivity index (χ3v) is 5.61. The second kappa shape index (κ2) is 10.0. The molecule has 0 aliphatic heterocycles. The van der Waals surface area contributed by atoms with Gasteiger partial charge in [0.15, 0.2) is 0 Å². The minimum Gasteiger partial charge on any atom is -0.490 e. The van der Waals surface area contributed by atoms with Crippen LogP contribution in [0, 0.1) is 12.7 Å². The van der Waals surface area contributed by atoms with Crippen LogP contribution in [-0.4, -0.2) is 28.8 Å². The molecule has 0 saturated heterocycles. The molecule has 1 atom stereocenters. The molecule has 0 aliphatic carbocycles. The molecule has 0 amide bonds. The second-order valence-electron chi connectivity index (χ2n) is 7.67. The first-order valence-corrected chi connectivity index (χ1v) is 11.0. The molecule has 0 saturated carbocycles. The Morgan fingerprint density at radius 3 is 2.68 bits per heavy atom. The van der Waals surface area contributed by atoms with E-state index >= 15 is 0 Å². The van der Waals surface area contributed by atoms with Crippen molar-refractivity contribution in [2.75, 3.05) is 19.5 Å². The highest BCUT2D eigenvalue weighted by Crippen LogP contribution is 2.32. The SMILES string of the molecule is COc1ncccc1-c1ccc(C)c(Nc2nc(=O)c(OC)cn2Cc2cc(F)cc(P)c2)c1. The number of nitrogens with one attached hydrogen (secondary N) is 1. The molecular weight excluding hydrogens is 454 g/mol. The highest BCUT2D eigenvalue weighted by atomic mass is 31.0. The van der Waals surface area contributed by atoms with E-state index in [4.69, 9.17) is 9.47 Å². The predicted molar refractivity (Wildman–Crippen MR) is 134 cm³/mol. The lowest BCUT2D eigenvalue weighted by molar-refractivity contribution is 0.399. The average molecular weight is 478 g/mol. The van der Waals surface area contributed by atoms with E-state index in [0.29, 0.717) is 17.4 Å². The standard InChI is InChI=1S/C25H24FN4O3P/c1-15-6-7-17(20-5-4-8-27-24(20)33-3)11-21(15)28-25-29-23(31)22(32-2)14-30(25)13-16-9-18(26)12-19(34)10-16/h4-12,14H,13,34H2,1-3H3,(H,28,29,31). The van der Waals surface area contributed by atoms with E-state index in [0.717, 1.165) is 27.7 Å². The van der Waals surface area contributed by atoms with Crippen LogP contribution in [0.3, 0.4) is 0 Å². The fourth-order valence-electron chi connectivity index (χ4n) is 3.61. The zero-order valence-corrected chi connectivity index (χ0v) is 20.2. The normalized spacial score (nSPS) is 10.7. The van der Waals surface area contributed by atoms with Crippen molar-refractivity contribution in [3.8, 4) is 22.8 Å². The minimum atomic E-state index is -0.505. The van der Waals surface area contributed by atoms with Crippen LogP contribution < -0.4 is 25.7 Å². The molecule has 1 N–H and O–H groups in total. The van der Waals surface area contributed by atoms with Gasteiger partial charge in [-0.2, -0.15) is 4.98 Å². The highest BCUT2D eigenvalue weighted by Gasteiger charge is 2.14. The fraction of sp³-hybridized carbons (Fsp3) is 0.160. The number of halogens is 1. The molecule has 4 rings (SSSR count). The highest BCUT2D eigenvalue weighted by molar-refractivity contribution is 7.27. The minimum absolute atomic E-state index is 0.0959. The molecule has 0 spiro atoms. The summed E-state index contributed by atoms with van der Waals surface area (Å²) in [6.07, 6.45) is 3.23. The molecule has 2 aromatic carbocycles. The van der Waals surface area contributed by atoms with E-state index in [2.05, 4.69) is 24.5 Å². The summed E-state index contributed by atoms with van der Waals surface area (Å²) in [5.41, 5.74) is 3.63. The smallest absolute Gasteiger partial charge is 0.316 e. The number of benzene rings is 2. The summed E-state index contributed by atoms with van der Waals surface area (Å²) < 4.78 is 26.3. The Balaban J connectivity index is 1.76. The molecule has 1 unspecified atom stereocenters. The number of pyridine rings is 1. The maximum Gasteiger partial charge on any atom is 0.316 e. The number of rotatable bonds is 7. The van der Waals surface area contributed by atoms with E-state index in [1.807, 2.05) is 43.3 Å². The number of hydrogen-bond acceptors (Lipinski definition) is 6. The van der Waals surface area contributed by atoms with Crippen molar-refractivity contribution in [1.82, 2.24) is 14.5 Å². The zero-order chi connectivity index (χ0) is 24.2. The average Bonchev–Trinajstić information content (AvgIpc) is 2.81. The monoisotopic (exact) mass is 478 g/mol. The van der Waals surface area contributed by atoms with Crippen LogP contribution in [0.5, 0.6) is 11.6 Å². The summed E-state index contributed by atoms with van der Waals surface area (Å²) in [5.74, 6) is 0.570. The topological polar surface area (TPSA) is 78.3 Å². The van der Waals surface area contributed by atoms with Gasteiger partial charge in [-0.25, -0.2) is 9.37 Å². The number of ether oxygens (including phenoxy) is 2. The third kappa shape index (κ3) is 5.07. The number of nitrogens with zero attached hydrogens (tertiary/aromatic N) is 3. The van der Waals surface area contributed by atoms with Gasteiger partial charge in [0, 0.05) is 17.4 Å². The fourth-order valence-corrected chi connectivity index (χ4v) is 3.99. The van der Waals surface area contributed by atoms with Gasteiger partial charge in [-0.15, -0.1) is 9.24 Å². The molecule has 0 bridgehead atoms. The Morgan fingerprint density at radius 2 is 1.94 bits per heavy atom. The maximum atomic E-state index is 14.0. The van der Waals surface area contributed by atoms with E-state index in [-0.39, 0.29) is 18.1 Å². The Hall–Kier alpha value is -3.77. The molecule has 34 heavy (non-hydrogen) atoms. The summed E-state index contributed by atoms with van der Waals surface area (Å²) in [6.45, 7) is 2.23. The lowest BCUT2D eigenvalue weighted by atomic mass is 10.0. The van der Waals surface area contributed by atoms with Gasteiger partial charge in [0.2, 0.25) is 17.6 Å². The summed E-state index contributed by atoms with van der Waals surface area (Å²) in [4.78, 5) is 20.9. The van der Waals surface area contributed by atoms with Crippen LogP contribution in [0.25, 0.3) is 11.1 Å². The van der Waals surface area contributed by atoms with Gasteiger partial charge in [-0.3, -0.25) is 4.79 Å². The lowest BCUT2D eigenvalue weighted by Gasteiger charge is -2.17. The quantitative estimate of drug-likeness (QED) is 0.404. The van der Waals surface area contributed by atoms with Crippen LogP contribution in [0.15, 0.2) is 65.7 Å². The lowest BCUT2D eigenvalue weighted by Crippen LogP contribution is -2.19. The van der Waals surface area contributed by atoms with Crippen LogP contribution in [0.1, 0.15) is 11.1 Å². The van der Waals surface area contributed by atoms with Crippen molar-refractivity contribution in [1.29, 1.82) is 0 Å². The number of aromatic nitrogens is 3. The van der Waals surface area contributed by atoms with Crippen molar-refractivity contribution >= 4 is 26.2 Å². The summed E-state index contributed by atoms with van der Waals surface area (Å²) in [7, 11) is 5.48. The van der Waals surface area contributed by atoms with Crippen molar-refractivity contribution < 1.29 is 13.9 Å². The predicted octanol–water partition coefficient (Wildman–Crippen LogP) is 4.06. The first-order chi connectivity index (χ1) is 16.4. The molecule has 9 heteroatoms. The number of hydrogen-bond donors (Lipinski definition) is 1. The number of aryl methyl sites for hydroxylation is 1. The molecule has 174 valence electrons. The summed E-state index contributed by atoms with van der Waals surface area (Å²) in [6, 6.07) is 14.4. The zero-order valence-electron chi connectivity index (χ0n) is 19.0. The van der Waals surface area contributed by atoms with Gasteiger partial charge in [0.05, 0.1) is 27.0 Å². The molecule has 0 fully saturated rings. The van der Waals surface area contributed by atoms with Crippen molar-refractivity contribution in [3.05, 3.63) is 88.2 Å². The Kier molecular flexibility index (Phi) is 6.89. The molecule has 7 nitrogen and oxygen atoms in total. The van der Waals surface area contributed by atoms with Crippen molar-refractivity contribution in [2.45, 2.75) is 13.5 Å². The molecule has 4 aromatic rings. The first kappa shape index (κ1) is 23.4. The van der Waals surface area contributed by atoms with Crippen LogP contribution in [0.2, 0.25) is 0 Å². The molecule has 2 heterocycles. The Labute approximate surface area is 198 Å².